The van der Waals surface area contributed by atoms with E-state index in [1.165, 1.54) is 0 Å². The predicted octanol–water partition coefficient (Wildman–Crippen LogP) is 0.972. The lowest BCUT2D eigenvalue weighted by atomic mass is 9.95. The van der Waals surface area contributed by atoms with Crippen LogP contribution in [0.15, 0.2) is 0 Å². The van der Waals surface area contributed by atoms with Gasteiger partial charge in [-0.3, -0.25) is 0 Å². The fraction of sp³-hybridized carbons (Fsp3) is 1.00. The van der Waals surface area contributed by atoms with Gasteiger partial charge in [0.15, 0.2) is 0 Å². The van der Waals surface area contributed by atoms with Crippen LogP contribution in [0.5, 0.6) is 0 Å². The van der Waals surface area contributed by atoms with Crippen molar-refractivity contribution in [1.82, 2.24) is 14.3 Å². The quantitative estimate of drug-likeness (QED) is 0.768. The molecule has 0 aromatic heterocycles. The van der Waals surface area contributed by atoms with Crippen LogP contribution in [0.1, 0.15) is 33.1 Å². The number of hydrogen-bond acceptors (Lipinski definition) is 3. The van der Waals surface area contributed by atoms with E-state index in [1.807, 2.05) is 20.9 Å². The number of rotatable bonds is 6. The number of nitrogens with one attached hydrogen (secondary N) is 2. The third-order valence-electron chi connectivity index (χ3n) is 3.10. The third-order valence-corrected chi connectivity index (χ3v) is 4.91. The Bertz CT molecular complexity index is 314. The van der Waals surface area contributed by atoms with Gasteiger partial charge in [-0.25, -0.2) is 0 Å². The van der Waals surface area contributed by atoms with Crippen LogP contribution in [0.2, 0.25) is 0 Å². The highest BCUT2D eigenvalue weighted by Gasteiger charge is 2.27. The summed E-state index contributed by atoms with van der Waals surface area (Å²) in [6, 6.07) is -0.0398. The van der Waals surface area contributed by atoms with E-state index >= 15 is 0 Å². The van der Waals surface area contributed by atoms with Crippen LogP contribution in [0, 0.1) is 5.92 Å². The Morgan fingerprint density at radius 2 is 1.83 bits per heavy atom. The van der Waals surface area contributed by atoms with Crippen molar-refractivity contribution in [1.29, 1.82) is 0 Å². The van der Waals surface area contributed by atoms with E-state index in [2.05, 4.69) is 10.0 Å². The molecular weight excluding hydrogens is 274 g/mol. The van der Waals surface area contributed by atoms with E-state index < -0.39 is 10.2 Å². The molecule has 0 unspecified atom stereocenters. The fourth-order valence-electron chi connectivity index (χ4n) is 2.16. The lowest BCUT2D eigenvalue weighted by molar-refractivity contribution is 0.260. The van der Waals surface area contributed by atoms with Gasteiger partial charge in [0.2, 0.25) is 0 Å². The van der Waals surface area contributed by atoms with Crippen LogP contribution in [0.3, 0.4) is 0 Å². The molecule has 2 N–H and O–H groups in total. The maximum absolute atomic E-state index is 11.9. The molecule has 110 valence electrons. The lowest BCUT2D eigenvalue weighted by Crippen LogP contribution is -2.47. The first-order chi connectivity index (χ1) is 7.95. The van der Waals surface area contributed by atoms with E-state index in [0.717, 1.165) is 25.8 Å². The van der Waals surface area contributed by atoms with E-state index in [-0.39, 0.29) is 18.4 Å². The van der Waals surface area contributed by atoms with E-state index in [1.54, 1.807) is 4.31 Å². The lowest BCUT2D eigenvalue weighted by Gasteiger charge is -2.31. The highest BCUT2D eigenvalue weighted by atomic mass is 35.5. The minimum Gasteiger partial charge on any atom is -0.320 e. The Balaban J connectivity index is 0.00000289. The molecule has 7 heteroatoms. The standard InChI is InChI=1S/C11H25N3O2S.ClH/c1-10(2)13-17(15,16)14-8-5-11(6-9-14)4-7-12-3;/h10-13H,4-9H2,1-3H3;1H. The van der Waals surface area contributed by atoms with Crippen LogP contribution >= 0.6 is 12.4 Å². The van der Waals surface area contributed by atoms with Crippen LogP contribution in [0.25, 0.3) is 0 Å². The topological polar surface area (TPSA) is 61.4 Å². The molecule has 0 radical (unpaired) electrons. The zero-order valence-electron chi connectivity index (χ0n) is 11.5. The molecule has 0 aliphatic carbocycles. The van der Waals surface area contributed by atoms with Crippen molar-refractivity contribution in [2.75, 3.05) is 26.7 Å². The second kappa shape index (κ2) is 8.32. The van der Waals surface area contributed by atoms with E-state index in [9.17, 15) is 8.42 Å². The molecule has 1 rings (SSSR count). The molecule has 1 fully saturated rings. The van der Waals surface area contributed by atoms with Crippen molar-refractivity contribution in [2.24, 2.45) is 5.92 Å². The van der Waals surface area contributed by atoms with Crippen molar-refractivity contribution in [3.8, 4) is 0 Å². The molecule has 0 spiro atoms. The summed E-state index contributed by atoms with van der Waals surface area (Å²) in [4.78, 5) is 0. The Hall–Kier alpha value is 0.120. The Morgan fingerprint density at radius 1 is 1.28 bits per heavy atom. The Kier molecular flexibility index (Phi) is 8.38. The van der Waals surface area contributed by atoms with Gasteiger partial charge in [-0.15, -0.1) is 12.4 Å². The number of halogens is 1. The minimum absolute atomic E-state index is 0. The fourth-order valence-corrected chi connectivity index (χ4v) is 3.60. The normalized spacial score (nSPS) is 18.9. The van der Waals surface area contributed by atoms with E-state index in [0.29, 0.717) is 19.0 Å². The smallest absolute Gasteiger partial charge is 0.279 e. The van der Waals surface area contributed by atoms with Crippen molar-refractivity contribution in [3.05, 3.63) is 0 Å². The molecule has 0 atom stereocenters. The molecule has 1 saturated heterocycles. The van der Waals surface area contributed by atoms with Gasteiger partial charge in [0.1, 0.15) is 0 Å². The summed E-state index contributed by atoms with van der Waals surface area (Å²) in [5, 5.41) is 3.14. The predicted molar refractivity (Wildman–Crippen MR) is 77.3 cm³/mol. The van der Waals surface area contributed by atoms with Crippen molar-refractivity contribution < 1.29 is 8.42 Å². The van der Waals surface area contributed by atoms with Crippen LogP contribution in [-0.4, -0.2) is 45.4 Å². The van der Waals surface area contributed by atoms with Crippen molar-refractivity contribution >= 4 is 22.6 Å². The molecule has 1 aliphatic heterocycles. The summed E-state index contributed by atoms with van der Waals surface area (Å²) in [6.45, 7) is 6.00. The molecule has 0 aromatic rings. The van der Waals surface area contributed by atoms with Gasteiger partial charge >= 0.3 is 0 Å². The minimum atomic E-state index is -3.26. The average molecular weight is 300 g/mol. The second-order valence-electron chi connectivity index (χ2n) is 5.01. The zero-order valence-corrected chi connectivity index (χ0v) is 13.1. The largest absolute Gasteiger partial charge is 0.320 e. The molecule has 0 bridgehead atoms. The Morgan fingerprint density at radius 3 is 2.28 bits per heavy atom. The van der Waals surface area contributed by atoms with Gasteiger partial charge in [0.05, 0.1) is 0 Å². The maximum Gasteiger partial charge on any atom is 0.279 e. The molecule has 1 aliphatic rings. The summed E-state index contributed by atoms with van der Waals surface area (Å²) in [5.41, 5.74) is 0. The summed E-state index contributed by atoms with van der Waals surface area (Å²) in [5.74, 6) is 0.660. The van der Waals surface area contributed by atoms with Gasteiger partial charge < -0.3 is 5.32 Å². The number of piperidine rings is 1. The number of nitrogens with zero attached hydrogens (tertiary/aromatic N) is 1. The molecule has 1 heterocycles. The van der Waals surface area contributed by atoms with E-state index in [4.69, 9.17) is 0 Å². The highest BCUT2D eigenvalue weighted by molar-refractivity contribution is 7.87. The molecule has 0 amide bonds. The summed E-state index contributed by atoms with van der Waals surface area (Å²) in [6.07, 6.45) is 3.09. The summed E-state index contributed by atoms with van der Waals surface area (Å²) in [7, 11) is -1.31. The first kappa shape index (κ1) is 18.1. The third kappa shape index (κ3) is 5.84. The van der Waals surface area contributed by atoms with Crippen LogP contribution < -0.4 is 10.0 Å². The first-order valence-corrected chi connectivity index (χ1v) is 7.81. The SMILES string of the molecule is CNCCC1CCN(S(=O)(=O)NC(C)C)CC1.Cl. The molecular formula is C11H26ClN3O2S. The van der Waals surface area contributed by atoms with Gasteiger partial charge in [0.25, 0.3) is 10.2 Å². The first-order valence-electron chi connectivity index (χ1n) is 6.37. The molecule has 0 saturated carbocycles. The summed E-state index contributed by atoms with van der Waals surface area (Å²) < 4.78 is 28.0. The van der Waals surface area contributed by atoms with Crippen molar-refractivity contribution in [2.45, 2.75) is 39.2 Å². The van der Waals surface area contributed by atoms with Gasteiger partial charge in [-0.2, -0.15) is 17.4 Å². The molecule has 18 heavy (non-hydrogen) atoms. The zero-order chi connectivity index (χ0) is 12.9. The van der Waals surface area contributed by atoms with Crippen LogP contribution in [-0.2, 0) is 10.2 Å². The van der Waals surface area contributed by atoms with Crippen molar-refractivity contribution in [3.63, 3.8) is 0 Å². The van der Waals surface area contributed by atoms with Crippen LogP contribution in [0.4, 0.5) is 0 Å². The monoisotopic (exact) mass is 299 g/mol. The van der Waals surface area contributed by atoms with Gasteiger partial charge in [-0.05, 0) is 52.6 Å². The van der Waals surface area contributed by atoms with Gasteiger partial charge in [-0.1, -0.05) is 0 Å². The Labute approximate surface area is 117 Å². The van der Waals surface area contributed by atoms with Gasteiger partial charge in [0, 0.05) is 19.1 Å². The summed E-state index contributed by atoms with van der Waals surface area (Å²) >= 11 is 0. The molecule has 0 aromatic carbocycles. The average Bonchev–Trinajstić information content (AvgIpc) is 2.25. The maximum atomic E-state index is 11.9. The number of hydrogen-bond donors (Lipinski definition) is 2. The highest BCUT2D eigenvalue weighted by Crippen LogP contribution is 2.21. The second-order valence-corrected chi connectivity index (χ2v) is 6.71. The molecule has 5 nitrogen and oxygen atoms in total.